The smallest absolute Gasteiger partial charge is 0.259 e. The third kappa shape index (κ3) is 2.82. The van der Waals surface area contributed by atoms with Gasteiger partial charge in [-0.1, -0.05) is 12.1 Å². The van der Waals surface area contributed by atoms with Gasteiger partial charge in [-0.25, -0.2) is 0 Å². The molecule has 0 aliphatic rings. The van der Waals surface area contributed by atoms with E-state index in [0.717, 1.165) is 22.6 Å². The van der Waals surface area contributed by atoms with Crippen LogP contribution in [0, 0.1) is 20.8 Å². The van der Waals surface area contributed by atoms with Crippen molar-refractivity contribution < 1.29 is 9.21 Å². The van der Waals surface area contributed by atoms with Gasteiger partial charge >= 0.3 is 0 Å². The Hall–Kier alpha value is -1.74. The maximum Gasteiger partial charge on any atom is 0.259 e. The van der Waals surface area contributed by atoms with Gasteiger partial charge in [-0.2, -0.15) is 0 Å². The van der Waals surface area contributed by atoms with Gasteiger partial charge in [-0.3, -0.25) is 4.79 Å². The number of hydrogen-bond acceptors (Lipinski definition) is 2. The zero-order valence-corrected chi connectivity index (χ0v) is 12.0. The van der Waals surface area contributed by atoms with Crippen molar-refractivity contribution in [2.24, 2.45) is 0 Å². The molecule has 1 aromatic carbocycles. The summed E-state index contributed by atoms with van der Waals surface area (Å²) in [5.41, 5.74) is 3.26. The molecule has 1 heterocycles. The van der Waals surface area contributed by atoms with E-state index in [4.69, 9.17) is 16.0 Å². The Kier molecular flexibility index (Phi) is 3.96. The average molecular weight is 278 g/mol. The van der Waals surface area contributed by atoms with E-state index in [1.54, 1.807) is 6.92 Å². The number of benzene rings is 1. The van der Waals surface area contributed by atoms with Gasteiger partial charge in [-0.05, 0) is 38.5 Å². The number of hydrogen-bond donors (Lipinski definition) is 1. The van der Waals surface area contributed by atoms with Gasteiger partial charge < -0.3 is 9.73 Å². The normalized spacial score (nSPS) is 10.5. The second-order valence-corrected chi connectivity index (χ2v) is 4.77. The Morgan fingerprint density at radius 3 is 2.26 bits per heavy atom. The number of carbonyl (C=O) groups excluding carboxylic acids is 1. The maximum absolute atomic E-state index is 12.2. The quantitative estimate of drug-likeness (QED) is 0.855. The van der Waals surface area contributed by atoms with E-state index < -0.39 is 0 Å². The number of aryl methyl sites for hydroxylation is 2. The van der Waals surface area contributed by atoms with Crippen LogP contribution in [-0.4, -0.2) is 5.91 Å². The fourth-order valence-electron chi connectivity index (χ4n) is 2.00. The number of furan rings is 1. The molecule has 0 unspecified atom stereocenters. The minimum absolute atomic E-state index is 0.148. The third-order valence-electron chi connectivity index (χ3n) is 3.15. The molecule has 0 radical (unpaired) electrons. The van der Waals surface area contributed by atoms with E-state index in [-0.39, 0.29) is 5.91 Å². The highest BCUT2D eigenvalue weighted by Gasteiger charge is 2.18. The highest BCUT2D eigenvalue weighted by atomic mass is 35.5. The van der Waals surface area contributed by atoms with Crippen LogP contribution in [0.3, 0.4) is 0 Å². The number of halogens is 1. The van der Waals surface area contributed by atoms with Gasteiger partial charge in [0, 0.05) is 17.1 Å². The summed E-state index contributed by atoms with van der Waals surface area (Å²) in [6, 6.07) is 7.46. The lowest BCUT2D eigenvalue weighted by Gasteiger charge is -2.06. The summed E-state index contributed by atoms with van der Waals surface area (Å²) < 4.78 is 5.46. The molecule has 0 aliphatic carbocycles. The third-order valence-corrected chi connectivity index (χ3v) is 3.46. The Morgan fingerprint density at radius 1 is 1.16 bits per heavy atom. The van der Waals surface area contributed by atoms with Crippen LogP contribution in [0.5, 0.6) is 0 Å². The Balaban J connectivity index is 2.20. The molecule has 1 N–H and O–H groups in total. The molecule has 0 bridgehead atoms. The monoisotopic (exact) mass is 277 g/mol. The van der Waals surface area contributed by atoms with Crippen molar-refractivity contribution in [2.75, 3.05) is 5.32 Å². The first kappa shape index (κ1) is 13.7. The van der Waals surface area contributed by atoms with Crippen molar-refractivity contribution in [1.29, 1.82) is 0 Å². The van der Waals surface area contributed by atoms with Crippen molar-refractivity contribution >= 4 is 23.2 Å². The molecular formula is C15H16ClNO2. The molecule has 0 aliphatic heterocycles. The molecule has 2 aromatic rings. The highest BCUT2D eigenvalue weighted by Crippen LogP contribution is 2.22. The molecule has 3 nitrogen and oxygen atoms in total. The zero-order chi connectivity index (χ0) is 14.0. The van der Waals surface area contributed by atoms with Crippen LogP contribution >= 0.6 is 11.6 Å². The van der Waals surface area contributed by atoms with E-state index in [1.165, 1.54) is 0 Å². The molecule has 1 amide bonds. The second-order valence-electron chi connectivity index (χ2n) is 4.50. The average Bonchev–Trinajstić information content (AvgIpc) is 2.64. The van der Waals surface area contributed by atoms with E-state index in [0.29, 0.717) is 17.2 Å². The van der Waals surface area contributed by atoms with Crippen molar-refractivity contribution in [2.45, 2.75) is 26.7 Å². The summed E-state index contributed by atoms with van der Waals surface area (Å²) >= 11 is 5.73. The fourth-order valence-corrected chi connectivity index (χ4v) is 2.18. The molecular weight excluding hydrogens is 262 g/mol. The van der Waals surface area contributed by atoms with Gasteiger partial charge in [0.15, 0.2) is 0 Å². The topological polar surface area (TPSA) is 42.2 Å². The summed E-state index contributed by atoms with van der Waals surface area (Å²) in [6.45, 7) is 5.54. The van der Waals surface area contributed by atoms with Gasteiger partial charge in [0.2, 0.25) is 0 Å². The van der Waals surface area contributed by atoms with Crippen LogP contribution in [0.25, 0.3) is 0 Å². The molecule has 19 heavy (non-hydrogen) atoms. The predicted molar refractivity (Wildman–Crippen MR) is 76.9 cm³/mol. The number of anilines is 1. The number of amides is 1. The molecule has 0 saturated carbocycles. The van der Waals surface area contributed by atoms with Crippen LogP contribution in [0.2, 0.25) is 0 Å². The molecule has 100 valence electrons. The molecule has 2 rings (SSSR count). The van der Waals surface area contributed by atoms with E-state index in [2.05, 4.69) is 5.32 Å². The Labute approximate surface area is 117 Å². The van der Waals surface area contributed by atoms with Crippen LogP contribution in [0.1, 0.15) is 33.0 Å². The SMILES string of the molecule is Cc1oc(C)c(C(=O)Nc2ccc(CCl)cc2)c1C. The number of alkyl halides is 1. The minimum Gasteiger partial charge on any atom is -0.466 e. The lowest BCUT2D eigenvalue weighted by molar-refractivity contribution is 0.102. The van der Waals surface area contributed by atoms with E-state index >= 15 is 0 Å². The first-order valence-electron chi connectivity index (χ1n) is 6.05. The maximum atomic E-state index is 12.2. The molecule has 0 saturated heterocycles. The van der Waals surface area contributed by atoms with Crippen molar-refractivity contribution in [3.63, 3.8) is 0 Å². The fraction of sp³-hybridized carbons (Fsp3) is 0.267. The molecule has 0 spiro atoms. The van der Waals surface area contributed by atoms with Crippen molar-refractivity contribution in [3.05, 3.63) is 52.5 Å². The lowest BCUT2D eigenvalue weighted by Crippen LogP contribution is -2.13. The first-order chi connectivity index (χ1) is 9.02. The minimum atomic E-state index is -0.148. The molecule has 1 aromatic heterocycles. The Morgan fingerprint density at radius 2 is 1.79 bits per heavy atom. The standard InChI is InChI=1S/C15H16ClNO2/c1-9-10(2)19-11(3)14(9)15(18)17-13-6-4-12(8-16)5-7-13/h4-7H,8H2,1-3H3,(H,17,18). The number of rotatable bonds is 3. The molecule has 0 fully saturated rings. The molecule has 4 heteroatoms. The van der Waals surface area contributed by atoms with Crippen molar-refractivity contribution in [3.8, 4) is 0 Å². The van der Waals surface area contributed by atoms with Gasteiger partial charge in [0.05, 0.1) is 5.56 Å². The molecule has 0 atom stereocenters. The van der Waals surface area contributed by atoms with E-state index in [9.17, 15) is 4.79 Å². The Bertz CT molecular complexity index is 599. The summed E-state index contributed by atoms with van der Waals surface area (Å²) in [5, 5.41) is 2.86. The lowest BCUT2D eigenvalue weighted by atomic mass is 10.1. The number of carbonyl (C=O) groups is 1. The van der Waals surface area contributed by atoms with Crippen molar-refractivity contribution in [1.82, 2.24) is 0 Å². The van der Waals surface area contributed by atoms with E-state index in [1.807, 2.05) is 38.1 Å². The van der Waals surface area contributed by atoms with Gasteiger partial charge in [0.25, 0.3) is 5.91 Å². The van der Waals surface area contributed by atoms with Crippen LogP contribution in [-0.2, 0) is 5.88 Å². The second kappa shape index (κ2) is 5.49. The van der Waals surface area contributed by atoms with Gasteiger partial charge in [-0.15, -0.1) is 11.6 Å². The summed E-state index contributed by atoms with van der Waals surface area (Å²) in [6.07, 6.45) is 0. The zero-order valence-electron chi connectivity index (χ0n) is 11.2. The summed E-state index contributed by atoms with van der Waals surface area (Å²) in [5.74, 6) is 1.74. The number of nitrogens with one attached hydrogen (secondary N) is 1. The predicted octanol–water partition coefficient (Wildman–Crippen LogP) is 4.20. The van der Waals surface area contributed by atoms with Crippen LogP contribution < -0.4 is 5.32 Å². The summed E-state index contributed by atoms with van der Waals surface area (Å²) in [4.78, 5) is 12.2. The first-order valence-corrected chi connectivity index (χ1v) is 6.59. The highest BCUT2D eigenvalue weighted by molar-refractivity contribution is 6.17. The van der Waals surface area contributed by atoms with Crippen LogP contribution in [0.4, 0.5) is 5.69 Å². The van der Waals surface area contributed by atoms with Crippen LogP contribution in [0.15, 0.2) is 28.7 Å². The van der Waals surface area contributed by atoms with Gasteiger partial charge in [0.1, 0.15) is 11.5 Å². The summed E-state index contributed by atoms with van der Waals surface area (Å²) in [7, 11) is 0. The largest absolute Gasteiger partial charge is 0.466 e.